The molecule has 0 spiro atoms. The summed E-state index contributed by atoms with van der Waals surface area (Å²) in [7, 11) is 0. The van der Waals surface area contributed by atoms with Crippen LogP contribution in [0.25, 0.3) is 0 Å². The molecule has 0 bridgehead atoms. The molecule has 1 rings (SSSR count). The van der Waals surface area contributed by atoms with E-state index in [9.17, 15) is 14.4 Å². The standard InChI is InChI=1S/C8H7NO3/c9-4-8(12)5-1-2-6(10)7(11)3-5/h1-3H,4,9H2. The molecule has 0 atom stereocenters. The maximum Gasteiger partial charge on any atom is 0.226 e. The van der Waals surface area contributed by atoms with Gasteiger partial charge in [0.05, 0.1) is 6.54 Å². The number of allylic oxidation sites excluding steroid dienone is 3. The van der Waals surface area contributed by atoms with E-state index in [1.165, 1.54) is 6.08 Å². The molecule has 0 aliphatic heterocycles. The van der Waals surface area contributed by atoms with Gasteiger partial charge in [-0.3, -0.25) is 14.4 Å². The summed E-state index contributed by atoms with van der Waals surface area (Å²) in [5.41, 5.74) is 5.26. The fourth-order valence-electron chi connectivity index (χ4n) is 0.799. The fourth-order valence-corrected chi connectivity index (χ4v) is 0.799. The first-order chi connectivity index (χ1) is 5.65. The van der Waals surface area contributed by atoms with Crippen molar-refractivity contribution in [3.05, 3.63) is 23.8 Å². The van der Waals surface area contributed by atoms with E-state index >= 15 is 0 Å². The molecule has 0 saturated carbocycles. The van der Waals surface area contributed by atoms with Crippen molar-refractivity contribution in [2.75, 3.05) is 6.54 Å². The summed E-state index contributed by atoms with van der Waals surface area (Å²) < 4.78 is 0. The van der Waals surface area contributed by atoms with Crippen molar-refractivity contribution in [3.63, 3.8) is 0 Å². The van der Waals surface area contributed by atoms with Crippen LogP contribution in [0.3, 0.4) is 0 Å². The maximum absolute atomic E-state index is 10.9. The molecule has 0 aromatic rings. The minimum atomic E-state index is -0.672. The summed E-state index contributed by atoms with van der Waals surface area (Å²) in [6.07, 6.45) is 3.39. The van der Waals surface area contributed by atoms with Gasteiger partial charge >= 0.3 is 0 Å². The molecule has 0 fully saturated rings. The van der Waals surface area contributed by atoms with E-state index in [4.69, 9.17) is 5.73 Å². The van der Waals surface area contributed by atoms with Crippen molar-refractivity contribution in [2.24, 2.45) is 5.73 Å². The number of ketones is 3. The second-order valence-corrected chi connectivity index (χ2v) is 2.29. The van der Waals surface area contributed by atoms with Crippen LogP contribution in [-0.2, 0) is 14.4 Å². The SMILES string of the molecule is NCC(=O)C1=CC(=O)C(=O)C=C1. The normalized spacial score (nSPS) is 16.2. The number of hydrogen-bond acceptors (Lipinski definition) is 4. The molecule has 4 heteroatoms. The van der Waals surface area contributed by atoms with Gasteiger partial charge in [-0.15, -0.1) is 0 Å². The molecular weight excluding hydrogens is 158 g/mol. The van der Waals surface area contributed by atoms with E-state index < -0.39 is 11.6 Å². The second-order valence-electron chi connectivity index (χ2n) is 2.29. The Labute approximate surface area is 68.7 Å². The van der Waals surface area contributed by atoms with Gasteiger partial charge in [-0.25, -0.2) is 0 Å². The van der Waals surface area contributed by atoms with Gasteiger partial charge < -0.3 is 5.73 Å². The van der Waals surface area contributed by atoms with E-state index in [2.05, 4.69) is 0 Å². The Balaban J connectivity index is 2.90. The highest BCUT2D eigenvalue weighted by molar-refractivity contribution is 6.47. The van der Waals surface area contributed by atoms with Crippen molar-refractivity contribution in [2.45, 2.75) is 0 Å². The molecule has 2 N–H and O–H groups in total. The summed E-state index contributed by atoms with van der Waals surface area (Å²) in [5, 5.41) is 0. The number of carbonyl (C=O) groups is 3. The summed E-state index contributed by atoms with van der Waals surface area (Å²) in [5.74, 6) is -1.62. The van der Waals surface area contributed by atoms with Crippen molar-refractivity contribution in [3.8, 4) is 0 Å². The number of nitrogens with two attached hydrogens (primary N) is 1. The molecule has 1 aliphatic rings. The minimum absolute atomic E-state index is 0.155. The fraction of sp³-hybridized carbons (Fsp3) is 0.125. The molecule has 12 heavy (non-hydrogen) atoms. The Morgan fingerprint density at radius 2 is 1.92 bits per heavy atom. The monoisotopic (exact) mass is 165 g/mol. The Morgan fingerprint density at radius 1 is 1.25 bits per heavy atom. The van der Waals surface area contributed by atoms with Crippen LogP contribution in [0.15, 0.2) is 23.8 Å². The molecule has 0 radical (unpaired) electrons. The lowest BCUT2D eigenvalue weighted by molar-refractivity contribution is -0.131. The summed E-state index contributed by atoms with van der Waals surface area (Å²) in [6.45, 7) is -0.155. The molecule has 0 aromatic heterocycles. The van der Waals surface area contributed by atoms with Crippen LogP contribution in [0, 0.1) is 0 Å². The summed E-state index contributed by atoms with van der Waals surface area (Å²) in [4.78, 5) is 32.3. The number of Topliss-reactive ketones (excluding diaryl/α,β-unsaturated/α-hetero) is 1. The third-order valence-electron chi connectivity index (χ3n) is 1.45. The molecule has 62 valence electrons. The quantitative estimate of drug-likeness (QED) is 0.427. The van der Waals surface area contributed by atoms with Gasteiger partial charge in [0.25, 0.3) is 0 Å². The molecule has 1 aliphatic carbocycles. The van der Waals surface area contributed by atoms with Crippen molar-refractivity contribution >= 4 is 17.3 Å². The molecule has 0 amide bonds. The first kappa shape index (κ1) is 8.55. The van der Waals surface area contributed by atoms with E-state index in [-0.39, 0.29) is 17.9 Å². The Hall–Kier alpha value is -1.55. The van der Waals surface area contributed by atoms with Crippen molar-refractivity contribution in [1.29, 1.82) is 0 Å². The lowest BCUT2D eigenvalue weighted by atomic mass is 10.0. The highest BCUT2D eigenvalue weighted by Gasteiger charge is 2.16. The molecule has 0 saturated heterocycles. The Kier molecular flexibility index (Phi) is 2.30. The molecular formula is C8H7NO3. The van der Waals surface area contributed by atoms with E-state index in [0.29, 0.717) is 0 Å². The first-order valence-electron chi connectivity index (χ1n) is 3.36. The van der Waals surface area contributed by atoms with Gasteiger partial charge in [-0.05, 0) is 12.2 Å². The van der Waals surface area contributed by atoms with Crippen LogP contribution < -0.4 is 5.73 Å². The zero-order valence-electron chi connectivity index (χ0n) is 6.24. The first-order valence-corrected chi connectivity index (χ1v) is 3.36. The predicted octanol–water partition coefficient (Wildman–Crippen LogP) is -0.851. The number of hydrogen-bond donors (Lipinski definition) is 1. The Bertz CT molecular complexity index is 312. The predicted molar refractivity (Wildman–Crippen MR) is 41.3 cm³/mol. The van der Waals surface area contributed by atoms with Crippen LogP contribution in [-0.4, -0.2) is 23.9 Å². The van der Waals surface area contributed by atoms with Crippen LogP contribution in [0.4, 0.5) is 0 Å². The smallest absolute Gasteiger partial charge is 0.226 e. The molecule has 4 nitrogen and oxygen atoms in total. The van der Waals surface area contributed by atoms with Crippen LogP contribution in [0.2, 0.25) is 0 Å². The zero-order valence-corrected chi connectivity index (χ0v) is 6.24. The Morgan fingerprint density at radius 3 is 2.42 bits per heavy atom. The van der Waals surface area contributed by atoms with Gasteiger partial charge in [-0.2, -0.15) is 0 Å². The lowest BCUT2D eigenvalue weighted by Crippen LogP contribution is -2.20. The average molecular weight is 165 g/mol. The van der Waals surface area contributed by atoms with Gasteiger partial charge in [0, 0.05) is 11.6 Å². The highest BCUT2D eigenvalue weighted by Crippen LogP contribution is 2.04. The van der Waals surface area contributed by atoms with E-state index in [1.54, 1.807) is 0 Å². The average Bonchev–Trinajstić information content (AvgIpc) is 2.08. The zero-order chi connectivity index (χ0) is 9.14. The molecule has 0 heterocycles. The van der Waals surface area contributed by atoms with Gasteiger partial charge in [-0.1, -0.05) is 0 Å². The number of rotatable bonds is 2. The second kappa shape index (κ2) is 3.23. The van der Waals surface area contributed by atoms with Gasteiger partial charge in [0.15, 0.2) is 5.78 Å². The summed E-state index contributed by atoms with van der Waals surface area (Å²) in [6, 6.07) is 0. The van der Waals surface area contributed by atoms with Crippen LogP contribution in [0.5, 0.6) is 0 Å². The van der Waals surface area contributed by atoms with Crippen LogP contribution in [0.1, 0.15) is 0 Å². The topological polar surface area (TPSA) is 77.2 Å². The third kappa shape index (κ3) is 1.54. The van der Waals surface area contributed by atoms with Crippen molar-refractivity contribution in [1.82, 2.24) is 0 Å². The largest absolute Gasteiger partial charge is 0.324 e. The number of carbonyl (C=O) groups excluding carboxylic acids is 3. The van der Waals surface area contributed by atoms with Gasteiger partial charge in [0.2, 0.25) is 11.6 Å². The van der Waals surface area contributed by atoms with E-state index in [0.717, 1.165) is 12.2 Å². The molecule has 0 aromatic carbocycles. The lowest BCUT2D eigenvalue weighted by Gasteiger charge is -2.01. The third-order valence-corrected chi connectivity index (χ3v) is 1.45. The highest BCUT2D eigenvalue weighted by atomic mass is 16.2. The van der Waals surface area contributed by atoms with Crippen molar-refractivity contribution < 1.29 is 14.4 Å². The van der Waals surface area contributed by atoms with Crippen LogP contribution >= 0.6 is 0 Å². The van der Waals surface area contributed by atoms with E-state index in [1.807, 2.05) is 0 Å². The summed E-state index contributed by atoms with van der Waals surface area (Å²) >= 11 is 0. The maximum atomic E-state index is 10.9. The minimum Gasteiger partial charge on any atom is -0.324 e. The molecule has 0 unspecified atom stereocenters. The van der Waals surface area contributed by atoms with Gasteiger partial charge in [0.1, 0.15) is 0 Å².